The first-order valence-corrected chi connectivity index (χ1v) is 9.66. The number of rotatable bonds is 4. The Kier molecular flexibility index (Phi) is 4.58. The molecular weight excluding hydrogens is 407 g/mol. The number of carbonyl (C=O) groups is 1. The van der Waals surface area contributed by atoms with Gasteiger partial charge in [0.25, 0.3) is 5.91 Å². The van der Waals surface area contributed by atoms with Crippen LogP contribution in [0.15, 0.2) is 55.1 Å². The fourth-order valence-electron chi connectivity index (χ4n) is 3.84. The van der Waals surface area contributed by atoms with Crippen molar-refractivity contribution in [3.63, 3.8) is 0 Å². The average Bonchev–Trinajstić information content (AvgIpc) is 3.48. The van der Waals surface area contributed by atoms with E-state index in [1.165, 1.54) is 33.8 Å². The zero-order chi connectivity index (χ0) is 21.5. The number of amides is 1. The lowest BCUT2D eigenvalue weighted by Gasteiger charge is -2.08. The number of benzene rings is 2. The van der Waals surface area contributed by atoms with Crippen LogP contribution in [0, 0.1) is 17.5 Å². The summed E-state index contributed by atoms with van der Waals surface area (Å²) in [5.41, 5.74) is 2.66. The smallest absolute Gasteiger partial charge is 0.276 e. The average molecular weight is 423 g/mol. The van der Waals surface area contributed by atoms with Crippen molar-refractivity contribution in [2.75, 3.05) is 5.32 Å². The molecule has 2 aromatic heterocycles. The number of imidazole rings is 1. The number of nitrogens with zero attached hydrogens (tertiary/aromatic N) is 4. The Morgan fingerprint density at radius 2 is 1.87 bits per heavy atom. The van der Waals surface area contributed by atoms with Crippen molar-refractivity contribution in [1.29, 1.82) is 0 Å². The first-order chi connectivity index (χ1) is 15.0. The minimum atomic E-state index is -0.987. The van der Waals surface area contributed by atoms with Gasteiger partial charge in [-0.2, -0.15) is 5.10 Å². The molecule has 2 aromatic carbocycles. The Morgan fingerprint density at radius 3 is 2.61 bits per heavy atom. The molecule has 6 nitrogen and oxygen atoms in total. The second-order valence-corrected chi connectivity index (χ2v) is 7.23. The van der Waals surface area contributed by atoms with E-state index in [0.29, 0.717) is 24.2 Å². The van der Waals surface area contributed by atoms with Crippen LogP contribution in [0.25, 0.3) is 11.4 Å². The Bertz CT molecular complexity index is 1300. The normalized spacial score (nSPS) is 12.7. The molecule has 1 amide bonds. The van der Waals surface area contributed by atoms with E-state index in [-0.39, 0.29) is 11.4 Å². The lowest BCUT2D eigenvalue weighted by atomic mass is 10.2. The molecule has 31 heavy (non-hydrogen) atoms. The Balaban J connectivity index is 1.45. The standard InChI is InChI=1S/C22H16F3N5O/c23-16-6-5-14(11-17(16)24)30-19-3-1-2-15(19)21(28-30)22(31)27-13-4-7-20(18(25)10-13)29-9-8-26-12-29/h4-12H,1-3H2,(H,27,31). The fraction of sp³-hybridized carbons (Fsp3) is 0.136. The summed E-state index contributed by atoms with van der Waals surface area (Å²) in [4.78, 5) is 16.8. The molecule has 0 aliphatic heterocycles. The maximum absolute atomic E-state index is 14.5. The van der Waals surface area contributed by atoms with Crippen LogP contribution in [-0.2, 0) is 12.8 Å². The largest absolute Gasteiger partial charge is 0.320 e. The Labute approximate surface area is 175 Å². The first kappa shape index (κ1) is 19.1. The molecule has 0 saturated carbocycles. The van der Waals surface area contributed by atoms with Crippen LogP contribution in [0.1, 0.15) is 28.2 Å². The maximum Gasteiger partial charge on any atom is 0.276 e. The van der Waals surface area contributed by atoms with Gasteiger partial charge < -0.3 is 9.88 Å². The summed E-state index contributed by atoms with van der Waals surface area (Å²) in [5.74, 6) is -2.95. The third kappa shape index (κ3) is 3.37. The molecule has 2 heterocycles. The zero-order valence-electron chi connectivity index (χ0n) is 16.1. The van der Waals surface area contributed by atoms with Gasteiger partial charge in [0.15, 0.2) is 17.3 Å². The van der Waals surface area contributed by atoms with E-state index in [1.807, 2.05) is 0 Å². The van der Waals surface area contributed by atoms with Gasteiger partial charge in [0.1, 0.15) is 5.82 Å². The predicted molar refractivity (Wildman–Crippen MR) is 107 cm³/mol. The van der Waals surface area contributed by atoms with E-state index in [4.69, 9.17) is 0 Å². The molecule has 1 aliphatic rings. The van der Waals surface area contributed by atoms with Crippen molar-refractivity contribution in [2.24, 2.45) is 0 Å². The van der Waals surface area contributed by atoms with Crippen LogP contribution >= 0.6 is 0 Å². The molecule has 4 aromatic rings. The van der Waals surface area contributed by atoms with Crippen LogP contribution < -0.4 is 5.32 Å². The summed E-state index contributed by atoms with van der Waals surface area (Å²) in [7, 11) is 0. The molecular formula is C22H16F3N5O. The summed E-state index contributed by atoms with van der Waals surface area (Å²) in [6.07, 6.45) is 6.78. The van der Waals surface area contributed by atoms with Gasteiger partial charge in [-0.15, -0.1) is 0 Å². The molecule has 0 spiro atoms. The number of aromatic nitrogens is 4. The number of fused-ring (bicyclic) bond motifs is 1. The first-order valence-electron chi connectivity index (χ1n) is 9.66. The van der Waals surface area contributed by atoms with Gasteiger partial charge in [0.2, 0.25) is 0 Å². The molecule has 1 aliphatic carbocycles. The summed E-state index contributed by atoms with van der Waals surface area (Å²) >= 11 is 0. The van der Waals surface area contributed by atoms with Crippen LogP contribution in [0.4, 0.5) is 18.9 Å². The van der Waals surface area contributed by atoms with Gasteiger partial charge in [0, 0.05) is 35.4 Å². The quantitative estimate of drug-likeness (QED) is 0.535. The number of hydrogen-bond donors (Lipinski definition) is 1. The van der Waals surface area contributed by atoms with Crippen molar-refractivity contribution in [3.05, 3.63) is 89.5 Å². The SMILES string of the molecule is O=C(Nc1ccc(-n2ccnc2)c(F)c1)c1nn(-c2ccc(F)c(F)c2)c2c1CCC2. The van der Waals surface area contributed by atoms with E-state index >= 15 is 0 Å². The van der Waals surface area contributed by atoms with Gasteiger partial charge >= 0.3 is 0 Å². The van der Waals surface area contributed by atoms with Crippen LogP contribution in [0.3, 0.4) is 0 Å². The fourth-order valence-corrected chi connectivity index (χ4v) is 3.84. The highest BCUT2D eigenvalue weighted by Crippen LogP contribution is 2.29. The number of hydrogen-bond acceptors (Lipinski definition) is 3. The molecule has 1 N–H and O–H groups in total. The number of nitrogens with one attached hydrogen (secondary N) is 1. The van der Waals surface area contributed by atoms with Gasteiger partial charge in [-0.3, -0.25) is 4.79 Å². The van der Waals surface area contributed by atoms with E-state index in [1.54, 1.807) is 18.5 Å². The molecule has 0 fully saturated rings. The van der Waals surface area contributed by atoms with Gasteiger partial charge in [-0.1, -0.05) is 0 Å². The summed E-state index contributed by atoms with van der Waals surface area (Å²) in [6, 6.07) is 7.83. The topological polar surface area (TPSA) is 64.7 Å². The Morgan fingerprint density at radius 1 is 1.00 bits per heavy atom. The third-order valence-electron chi connectivity index (χ3n) is 5.28. The minimum Gasteiger partial charge on any atom is -0.320 e. The van der Waals surface area contributed by atoms with Crippen molar-refractivity contribution in [2.45, 2.75) is 19.3 Å². The highest BCUT2D eigenvalue weighted by molar-refractivity contribution is 6.04. The highest BCUT2D eigenvalue weighted by Gasteiger charge is 2.27. The second kappa shape index (κ2) is 7.42. The molecule has 0 saturated heterocycles. The maximum atomic E-state index is 14.5. The number of halogens is 3. The van der Waals surface area contributed by atoms with Crippen molar-refractivity contribution >= 4 is 11.6 Å². The minimum absolute atomic E-state index is 0.191. The summed E-state index contributed by atoms with van der Waals surface area (Å²) in [6.45, 7) is 0. The molecule has 0 radical (unpaired) electrons. The monoisotopic (exact) mass is 423 g/mol. The van der Waals surface area contributed by atoms with Crippen molar-refractivity contribution in [1.82, 2.24) is 19.3 Å². The van der Waals surface area contributed by atoms with E-state index in [0.717, 1.165) is 29.8 Å². The van der Waals surface area contributed by atoms with Gasteiger partial charge in [-0.05, 0) is 49.6 Å². The summed E-state index contributed by atoms with van der Waals surface area (Å²) in [5, 5.41) is 7.03. The van der Waals surface area contributed by atoms with Crippen molar-refractivity contribution < 1.29 is 18.0 Å². The number of carbonyl (C=O) groups excluding carboxylic acids is 1. The molecule has 0 atom stereocenters. The van der Waals surface area contributed by atoms with E-state index in [9.17, 15) is 18.0 Å². The molecule has 156 valence electrons. The van der Waals surface area contributed by atoms with Crippen molar-refractivity contribution in [3.8, 4) is 11.4 Å². The molecule has 5 rings (SSSR count). The molecule has 0 unspecified atom stereocenters. The van der Waals surface area contributed by atoms with E-state index in [2.05, 4.69) is 15.4 Å². The zero-order valence-corrected chi connectivity index (χ0v) is 16.1. The van der Waals surface area contributed by atoms with Gasteiger partial charge in [0.05, 0.1) is 17.7 Å². The molecule has 9 heteroatoms. The third-order valence-corrected chi connectivity index (χ3v) is 5.28. The van der Waals surface area contributed by atoms with E-state index < -0.39 is 23.4 Å². The number of anilines is 1. The Hall–Kier alpha value is -3.88. The lowest BCUT2D eigenvalue weighted by Crippen LogP contribution is -2.15. The molecule has 0 bridgehead atoms. The predicted octanol–water partition coefficient (Wildman–Crippen LogP) is 4.22. The highest BCUT2D eigenvalue weighted by atomic mass is 19.2. The van der Waals surface area contributed by atoms with Crippen LogP contribution in [0.5, 0.6) is 0 Å². The second-order valence-electron chi connectivity index (χ2n) is 7.23. The lowest BCUT2D eigenvalue weighted by molar-refractivity contribution is 0.102. The van der Waals surface area contributed by atoms with Gasteiger partial charge in [-0.25, -0.2) is 22.8 Å². The van der Waals surface area contributed by atoms with Crippen LogP contribution in [0.2, 0.25) is 0 Å². The van der Waals surface area contributed by atoms with Crippen LogP contribution in [-0.4, -0.2) is 25.2 Å². The summed E-state index contributed by atoms with van der Waals surface area (Å²) < 4.78 is 44.5.